The average Bonchev–Trinajstić information content (AvgIpc) is 2.75. The SMILES string of the molecule is N#Cc1ccc(NC(=O)c2ccnc(C(=O)NCCC3=CCCCC3)c2)cc1. The highest BCUT2D eigenvalue weighted by molar-refractivity contribution is 6.05. The summed E-state index contributed by atoms with van der Waals surface area (Å²) in [6.07, 6.45) is 9.27. The van der Waals surface area contributed by atoms with Gasteiger partial charge in [-0.05, 0) is 68.5 Å². The van der Waals surface area contributed by atoms with Gasteiger partial charge in [-0.15, -0.1) is 0 Å². The number of nitrogens with zero attached hydrogens (tertiary/aromatic N) is 2. The van der Waals surface area contributed by atoms with Gasteiger partial charge >= 0.3 is 0 Å². The second-order valence-electron chi connectivity index (χ2n) is 6.69. The first-order valence-corrected chi connectivity index (χ1v) is 9.39. The lowest BCUT2D eigenvalue weighted by Crippen LogP contribution is -2.26. The molecule has 1 aromatic carbocycles. The maximum Gasteiger partial charge on any atom is 0.269 e. The van der Waals surface area contributed by atoms with Gasteiger partial charge in [0.25, 0.3) is 11.8 Å². The number of nitrogens with one attached hydrogen (secondary N) is 2. The van der Waals surface area contributed by atoms with E-state index >= 15 is 0 Å². The Hall–Kier alpha value is -3.46. The molecule has 6 heteroatoms. The smallest absolute Gasteiger partial charge is 0.269 e. The van der Waals surface area contributed by atoms with E-state index < -0.39 is 0 Å². The normalized spacial score (nSPS) is 13.2. The molecule has 2 N–H and O–H groups in total. The number of carbonyl (C=O) groups is 2. The molecule has 28 heavy (non-hydrogen) atoms. The van der Waals surface area contributed by atoms with Gasteiger partial charge in [-0.1, -0.05) is 11.6 Å². The second-order valence-corrected chi connectivity index (χ2v) is 6.69. The Kier molecular flexibility index (Phi) is 6.53. The third kappa shape index (κ3) is 5.27. The zero-order chi connectivity index (χ0) is 19.8. The van der Waals surface area contributed by atoms with E-state index in [2.05, 4.69) is 21.7 Å². The molecule has 0 saturated heterocycles. The first kappa shape index (κ1) is 19.3. The van der Waals surface area contributed by atoms with Crippen LogP contribution in [0.15, 0.2) is 54.2 Å². The maximum absolute atomic E-state index is 12.4. The van der Waals surface area contributed by atoms with Gasteiger partial charge in [-0.25, -0.2) is 0 Å². The predicted octanol–water partition coefficient (Wildman–Crippen LogP) is 3.83. The van der Waals surface area contributed by atoms with Gasteiger partial charge in [0.2, 0.25) is 0 Å². The molecule has 0 saturated carbocycles. The largest absolute Gasteiger partial charge is 0.350 e. The molecule has 1 heterocycles. The zero-order valence-corrected chi connectivity index (χ0v) is 15.6. The Balaban J connectivity index is 1.57. The van der Waals surface area contributed by atoms with Gasteiger partial charge in [-0.2, -0.15) is 5.26 Å². The van der Waals surface area contributed by atoms with Gasteiger partial charge < -0.3 is 10.6 Å². The zero-order valence-electron chi connectivity index (χ0n) is 15.6. The number of allylic oxidation sites excluding steroid dienone is 1. The summed E-state index contributed by atoms with van der Waals surface area (Å²) in [5.74, 6) is -0.627. The minimum absolute atomic E-state index is 0.213. The molecule has 6 nitrogen and oxygen atoms in total. The summed E-state index contributed by atoms with van der Waals surface area (Å²) in [6, 6.07) is 11.6. The van der Waals surface area contributed by atoms with Crippen molar-refractivity contribution in [1.29, 1.82) is 5.26 Å². The molecule has 1 aliphatic carbocycles. The van der Waals surface area contributed by atoms with Crippen LogP contribution in [0.5, 0.6) is 0 Å². The van der Waals surface area contributed by atoms with Crippen molar-refractivity contribution in [3.63, 3.8) is 0 Å². The minimum atomic E-state index is -0.339. The summed E-state index contributed by atoms with van der Waals surface area (Å²) in [4.78, 5) is 28.8. The molecule has 2 aromatic rings. The van der Waals surface area contributed by atoms with Crippen molar-refractivity contribution >= 4 is 17.5 Å². The standard InChI is InChI=1S/C22H22N4O2/c23-15-17-6-8-19(9-7-17)26-21(27)18-11-13-24-20(14-18)22(28)25-12-10-16-4-2-1-3-5-16/h4,6-9,11,13-14H,1-3,5,10,12H2,(H,25,28)(H,26,27). The first-order valence-electron chi connectivity index (χ1n) is 9.39. The van der Waals surface area contributed by atoms with Gasteiger partial charge in [0, 0.05) is 24.0 Å². The lowest BCUT2D eigenvalue weighted by atomic mass is 9.97. The fraction of sp³-hybridized carbons (Fsp3) is 0.273. The van der Waals surface area contributed by atoms with Crippen LogP contribution in [0.2, 0.25) is 0 Å². The van der Waals surface area contributed by atoms with Crippen LogP contribution in [0.1, 0.15) is 58.5 Å². The van der Waals surface area contributed by atoms with Gasteiger partial charge in [-0.3, -0.25) is 14.6 Å². The van der Waals surface area contributed by atoms with E-state index in [1.54, 1.807) is 30.3 Å². The first-order chi connectivity index (χ1) is 13.7. The van der Waals surface area contributed by atoms with Crippen molar-refractivity contribution in [1.82, 2.24) is 10.3 Å². The van der Waals surface area contributed by atoms with Crippen molar-refractivity contribution in [2.24, 2.45) is 0 Å². The molecule has 0 aliphatic heterocycles. The molecule has 1 aliphatic rings. The van der Waals surface area contributed by atoms with Crippen LogP contribution in [-0.4, -0.2) is 23.3 Å². The second kappa shape index (κ2) is 9.47. The van der Waals surface area contributed by atoms with Crippen molar-refractivity contribution in [3.05, 3.63) is 71.1 Å². The molecule has 0 spiro atoms. The molecule has 142 valence electrons. The van der Waals surface area contributed by atoms with Crippen LogP contribution in [-0.2, 0) is 0 Å². The molecule has 0 atom stereocenters. The Morgan fingerprint density at radius 2 is 1.93 bits per heavy atom. The fourth-order valence-electron chi connectivity index (χ4n) is 3.09. The number of anilines is 1. The van der Waals surface area contributed by atoms with E-state index in [-0.39, 0.29) is 17.5 Å². The van der Waals surface area contributed by atoms with E-state index in [0.717, 1.165) is 19.3 Å². The number of hydrogen-bond acceptors (Lipinski definition) is 4. The number of rotatable bonds is 6. The van der Waals surface area contributed by atoms with Gasteiger partial charge in [0.05, 0.1) is 11.6 Å². The predicted molar refractivity (Wildman–Crippen MR) is 107 cm³/mol. The van der Waals surface area contributed by atoms with E-state index in [1.807, 2.05) is 6.07 Å². The molecule has 0 bridgehead atoms. The molecule has 0 radical (unpaired) electrons. The topological polar surface area (TPSA) is 94.9 Å². The highest BCUT2D eigenvalue weighted by Crippen LogP contribution is 2.19. The van der Waals surface area contributed by atoms with Crippen molar-refractivity contribution in [2.75, 3.05) is 11.9 Å². The van der Waals surface area contributed by atoms with Crippen LogP contribution < -0.4 is 10.6 Å². The van der Waals surface area contributed by atoms with Crippen molar-refractivity contribution in [2.45, 2.75) is 32.1 Å². The summed E-state index contributed by atoms with van der Waals surface area (Å²) in [5, 5.41) is 14.4. The van der Waals surface area contributed by atoms with Crippen LogP contribution >= 0.6 is 0 Å². The van der Waals surface area contributed by atoms with E-state index in [4.69, 9.17) is 5.26 Å². The van der Waals surface area contributed by atoms with E-state index in [9.17, 15) is 9.59 Å². The summed E-state index contributed by atoms with van der Waals surface area (Å²) >= 11 is 0. The summed E-state index contributed by atoms with van der Waals surface area (Å²) in [6.45, 7) is 0.564. The molecule has 1 aromatic heterocycles. The van der Waals surface area contributed by atoms with E-state index in [0.29, 0.717) is 23.4 Å². The van der Waals surface area contributed by atoms with Crippen LogP contribution in [0.4, 0.5) is 5.69 Å². The Morgan fingerprint density at radius 1 is 1.11 bits per heavy atom. The molecular formula is C22H22N4O2. The third-order valence-electron chi connectivity index (χ3n) is 4.64. The van der Waals surface area contributed by atoms with Gasteiger partial charge in [0.1, 0.15) is 5.69 Å². The van der Waals surface area contributed by atoms with Gasteiger partial charge in [0.15, 0.2) is 0 Å². The molecule has 2 amide bonds. The van der Waals surface area contributed by atoms with Crippen molar-refractivity contribution in [3.8, 4) is 6.07 Å². The van der Waals surface area contributed by atoms with Crippen LogP contribution in [0.25, 0.3) is 0 Å². The Bertz CT molecular complexity index is 926. The molecule has 0 unspecified atom stereocenters. The number of nitriles is 1. The molecule has 3 rings (SSSR count). The lowest BCUT2D eigenvalue weighted by Gasteiger charge is -2.13. The highest BCUT2D eigenvalue weighted by atomic mass is 16.2. The maximum atomic E-state index is 12.4. The highest BCUT2D eigenvalue weighted by Gasteiger charge is 2.12. The van der Waals surface area contributed by atoms with Crippen molar-refractivity contribution < 1.29 is 9.59 Å². The number of carbonyl (C=O) groups excluding carboxylic acids is 2. The summed E-state index contributed by atoms with van der Waals surface area (Å²) in [5.41, 5.74) is 3.05. The lowest BCUT2D eigenvalue weighted by molar-refractivity contribution is 0.0949. The number of aromatic nitrogens is 1. The number of pyridine rings is 1. The molecule has 0 fully saturated rings. The monoisotopic (exact) mass is 374 g/mol. The summed E-state index contributed by atoms with van der Waals surface area (Å²) < 4.78 is 0. The quantitative estimate of drug-likeness (QED) is 0.751. The summed E-state index contributed by atoms with van der Waals surface area (Å²) in [7, 11) is 0. The van der Waals surface area contributed by atoms with Crippen LogP contribution in [0, 0.1) is 11.3 Å². The average molecular weight is 374 g/mol. The third-order valence-corrected chi connectivity index (χ3v) is 4.64. The van der Waals surface area contributed by atoms with Crippen LogP contribution in [0.3, 0.4) is 0 Å². The number of benzene rings is 1. The number of amides is 2. The molecular weight excluding hydrogens is 352 g/mol. The number of hydrogen-bond donors (Lipinski definition) is 2. The fourth-order valence-corrected chi connectivity index (χ4v) is 3.09. The van der Waals surface area contributed by atoms with E-state index in [1.165, 1.54) is 30.7 Å². The minimum Gasteiger partial charge on any atom is -0.350 e. The Morgan fingerprint density at radius 3 is 2.64 bits per heavy atom. The Labute approximate surface area is 164 Å².